The van der Waals surface area contributed by atoms with E-state index in [4.69, 9.17) is 0 Å². The maximum absolute atomic E-state index is 12.5. The van der Waals surface area contributed by atoms with Crippen LogP contribution in [-0.4, -0.2) is 46.8 Å². The molecular weight excluding hydrogens is 361 g/mol. The van der Waals surface area contributed by atoms with Gasteiger partial charge in [-0.3, -0.25) is 4.79 Å². The van der Waals surface area contributed by atoms with Crippen LogP contribution >= 0.6 is 0 Å². The van der Waals surface area contributed by atoms with Gasteiger partial charge in [0.05, 0.1) is 5.56 Å². The van der Waals surface area contributed by atoms with Gasteiger partial charge < -0.3 is 14.7 Å². The number of nitrogens with zero attached hydrogens (tertiary/aromatic N) is 2. The van der Waals surface area contributed by atoms with Crippen molar-refractivity contribution < 1.29 is 27.8 Å². The van der Waals surface area contributed by atoms with E-state index < -0.39 is 12.8 Å². The van der Waals surface area contributed by atoms with Gasteiger partial charge >= 0.3 is 6.18 Å². The minimum atomic E-state index is -4.43. The molecule has 0 unspecified atom stereocenters. The molecule has 0 saturated carbocycles. The zero-order chi connectivity index (χ0) is 19.4. The van der Waals surface area contributed by atoms with Gasteiger partial charge in [0.15, 0.2) is 6.61 Å². The molecule has 1 aromatic heterocycles. The molecule has 1 aliphatic rings. The van der Waals surface area contributed by atoms with Gasteiger partial charge in [0.1, 0.15) is 5.75 Å². The number of likely N-dealkylation sites (tertiary alicyclic amines) is 1. The second-order valence-electron chi connectivity index (χ2n) is 6.45. The average molecular weight is 380 g/mol. The van der Waals surface area contributed by atoms with Crippen LogP contribution in [0.25, 0.3) is 0 Å². The van der Waals surface area contributed by atoms with Crippen molar-refractivity contribution in [3.05, 3.63) is 53.7 Å². The Bertz CT molecular complexity index is 768. The Balaban J connectivity index is 1.55. The summed E-state index contributed by atoms with van der Waals surface area (Å²) < 4.78 is 41.0. The molecule has 1 amide bonds. The number of hydrogen-bond donors (Lipinski definition) is 1. The minimum Gasteiger partial charge on any atom is -0.508 e. The molecule has 0 spiro atoms. The van der Waals surface area contributed by atoms with E-state index in [0.717, 1.165) is 18.4 Å². The summed E-state index contributed by atoms with van der Waals surface area (Å²) in [6.45, 7) is -0.258. The SMILES string of the molecule is O=C(c1ccc(OCC(F)(F)F)nc1)N1CCC(c2ccc(O)cc2)CC1. The van der Waals surface area contributed by atoms with Crippen LogP contribution in [0.3, 0.4) is 0 Å². The largest absolute Gasteiger partial charge is 0.508 e. The number of ether oxygens (including phenoxy) is 1. The van der Waals surface area contributed by atoms with E-state index in [1.807, 2.05) is 12.1 Å². The van der Waals surface area contributed by atoms with E-state index in [0.29, 0.717) is 24.6 Å². The Kier molecular flexibility index (Phi) is 5.53. The van der Waals surface area contributed by atoms with E-state index in [1.165, 1.54) is 18.3 Å². The van der Waals surface area contributed by atoms with Crippen molar-refractivity contribution in [1.29, 1.82) is 0 Å². The Morgan fingerprint density at radius 1 is 1.15 bits per heavy atom. The zero-order valence-electron chi connectivity index (χ0n) is 14.4. The van der Waals surface area contributed by atoms with Crippen molar-refractivity contribution in [2.45, 2.75) is 24.9 Å². The molecule has 2 aromatic rings. The standard InChI is InChI=1S/C19H19F3N2O3/c20-19(21,22)12-27-17-6-3-15(11-23-17)18(26)24-9-7-14(8-10-24)13-1-4-16(25)5-2-13/h1-6,11,14,25H,7-10,12H2. The number of pyridine rings is 1. The number of hydrogen-bond acceptors (Lipinski definition) is 4. The number of carbonyl (C=O) groups excluding carboxylic acids is 1. The summed E-state index contributed by atoms with van der Waals surface area (Å²) in [6, 6.07) is 9.78. The summed E-state index contributed by atoms with van der Waals surface area (Å²) in [4.78, 5) is 18.0. The van der Waals surface area contributed by atoms with Gasteiger partial charge in [-0.05, 0) is 42.5 Å². The van der Waals surface area contributed by atoms with E-state index >= 15 is 0 Å². The quantitative estimate of drug-likeness (QED) is 0.878. The van der Waals surface area contributed by atoms with Crippen LogP contribution in [0.1, 0.15) is 34.7 Å². The number of rotatable bonds is 4. The maximum atomic E-state index is 12.5. The van der Waals surface area contributed by atoms with E-state index in [-0.39, 0.29) is 17.5 Å². The van der Waals surface area contributed by atoms with Gasteiger partial charge in [0.2, 0.25) is 5.88 Å². The molecule has 0 atom stereocenters. The molecule has 27 heavy (non-hydrogen) atoms. The first kappa shape index (κ1) is 19.0. The molecule has 8 heteroatoms. The molecule has 1 aliphatic heterocycles. The zero-order valence-corrected chi connectivity index (χ0v) is 14.4. The second-order valence-corrected chi connectivity index (χ2v) is 6.45. The van der Waals surface area contributed by atoms with Crippen LogP contribution in [0.5, 0.6) is 11.6 Å². The van der Waals surface area contributed by atoms with Gasteiger partial charge in [0, 0.05) is 25.4 Å². The predicted molar refractivity (Wildman–Crippen MR) is 91.8 cm³/mol. The molecule has 144 valence electrons. The fraction of sp³-hybridized carbons (Fsp3) is 0.368. The van der Waals surface area contributed by atoms with Gasteiger partial charge in [0.25, 0.3) is 5.91 Å². The van der Waals surface area contributed by atoms with Gasteiger partial charge in [-0.2, -0.15) is 13.2 Å². The molecule has 1 fully saturated rings. The van der Waals surface area contributed by atoms with Crippen LogP contribution in [0.2, 0.25) is 0 Å². The Morgan fingerprint density at radius 2 is 1.81 bits per heavy atom. The third kappa shape index (κ3) is 5.12. The van der Waals surface area contributed by atoms with Crippen molar-refractivity contribution >= 4 is 5.91 Å². The third-order valence-electron chi connectivity index (χ3n) is 4.51. The lowest BCUT2D eigenvalue weighted by Gasteiger charge is -2.32. The van der Waals surface area contributed by atoms with Gasteiger partial charge in [-0.15, -0.1) is 0 Å². The molecular formula is C19H19F3N2O3. The predicted octanol–water partition coefficient (Wildman–Crippen LogP) is 3.75. The van der Waals surface area contributed by atoms with Crippen molar-refractivity contribution in [2.75, 3.05) is 19.7 Å². The average Bonchev–Trinajstić information content (AvgIpc) is 2.66. The summed E-state index contributed by atoms with van der Waals surface area (Å²) in [5.41, 5.74) is 1.45. The molecule has 1 aromatic carbocycles. The Hall–Kier alpha value is -2.77. The molecule has 1 N–H and O–H groups in total. The van der Waals surface area contributed by atoms with Crippen LogP contribution in [-0.2, 0) is 0 Å². The van der Waals surface area contributed by atoms with E-state index in [2.05, 4.69) is 9.72 Å². The summed E-state index contributed by atoms with van der Waals surface area (Å²) in [7, 11) is 0. The van der Waals surface area contributed by atoms with Crippen LogP contribution in [0.4, 0.5) is 13.2 Å². The highest BCUT2D eigenvalue weighted by Gasteiger charge is 2.29. The number of benzene rings is 1. The molecule has 0 bridgehead atoms. The van der Waals surface area contributed by atoms with Crippen LogP contribution in [0.15, 0.2) is 42.6 Å². The van der Waals surface area contributed by atoms with E-state index in [1.54, 1.807) is 17.0 Å². The number of halogens is 3. The lowest BCUT2D eigenvalue weighted by atomic mass is 9.89. The van der Waals surface area contributed by atoms with Gasteiger partial charge in [-0.1, -0.05) is 12.1 Å². The number of alkyl halides is 3. The summed E-state index contributed by atoms with van der Waals surface area (Å²) in [6.07, 6.45) is -1.59. The van der Waals surface area contributed by atoms with E-state index in [9.17, 15) is 23.1 Å². The first-order valence-electron chi connectivity index (χ1n) is 8.55. The number of phenols is 1. The molecule has 0 aliphatic carbocycles. The fourth-order valence-corrected chi connectivity index (χ4v) is 3.09. The number of amides is 1. The van der Waals surface area contributed by atoms with Crippen LogP contribution in [0, 0.1) is 0 Å². The number of aromatic hydroxyl groups is 1. The lowest BCUT2D eigenvalue weighted by molar-refractivity contribution is -0.154. The number of piperidine rings is 1. The molecule has 5 nitrogen and oxygen atoms in total. The topological polar surface area (TPSA) is 62.7 Å². The first-order chi connectivity index (χ1) is 12.8. The highest BCUT2D eigenvalue weighted by Crippen LogP contribution is 2.29. The second kappa shape index (κ2) is 7.85. The molecule has 2 heterocycles. The van der Waals surface area contributed by atoms with Crippen molar-refractivity contribution in [3.63, 3.8) is 0 Å². The molecule has 1 saturated heterocycles. The maximum Gasteiger partial charge on any atom is 0.422 e. The summed E-state index contributed by atoms with van der Waals surface area (Å²) in [5, 5.41) is 9.37. The lowest BCUT2D eigenvalue weighted by Crippen LogP contribution is -2.38. The monoisotopic (exact) mass is 380 g/mol. The molecule has 3 rings (SSSR count). The van der Waals surface area contributed by atoms with Crippen LogP contribution < -0.4 is 4.74 Å². The number of phenolic OH excluding ortho intramolecular Hbond substituents is 1. The van der Waals surface area contributed by atoms with Gasteiger partial charge in [-0.25, -0.2) is 4.98 Å². The van der Waals surface area contributed by atoms with Crippen molar-refractivity contribution in [1.82, 2.24) is 9.88 Å². The minimum absolute atomic E-state index is 0.171. The smallest absolute Gasteiger partial charge is 0.422 e. The normalized spacial score (nSPS) is 15.6. The third-order valence-corrected chi connectivity index (χ3v) is 4.51. The number of aromatic nitrogens is 1. The summed E-state index contributed by atoms with van der Waals surface area (Å²) in [5.74, 6) is 0.177. The molecule has 0 radical (unpaired) electrons. The number of carbonyl (C=O) groups is 1. The first-order valence-corrected chi connectivity index (χ1v) is 8.55. The fourth-order valence-electron chi connectivity index (χ4n) is 3.09. The highest BCUT2D eigenvalue weighted by atomic mass is 19.4. The highest BCUT2D eigenvalue weighted by molar-refractivity contribution is 5.94. The van der Waals surface area contributed by atoms with Crippen molar-refractivity contribution in [3.8, 4) is 11.6 Å². The Labute approximate surface area is 154 Å². The van der Waals surface area contributed by atoms with Crippen molar-refractivity contribution in [2.24, 2.45) is 0 Å². The Morgan fingerprint density at radius 3 is 2.37 bits per heavy atom. The summed E-state index contributed by atoms with van der Waals surface area (Å²) >= 11 is 0.